The van der Waals surface area contributed by atoms with Crippen molar-refractivity contribution in [1.29, 1.82) is 0 Å². The van der Waals surface area contributed by atoms with Crippen LogP contribution in [-0.4, -0.2) is 43.1 Å². The van der Waals surface area contributed by atoms with Crippen LogP contribution in [-0.2, 0) is 4.74 Å². The van der Waals surface area contributed by atoms with Crippen molar-refractivity contribution in [1.82, 2.24) is 0 Å². The highest BCUT2D eigenvalue weighted by Gasteiger charge is 2.45. The predicted octanol–water partition coefficient (Wildman–Crippen LogP) is 2.60. The third kappa shape index (κ3) is 3.10. The molecule has 1 fully saturated rings. The molecule has 0 radical (unpaired) electrons. The highest BCUT2D eigenvalue weighted by atomic mass is 19.4. The van der Waals surface area contributed by atoms with Crippen LogP contribution in [0.4, 0.5) is 23.2 Å². The minimum absolute atomic E-state index is 0.000579. The lowest BCUT2D eigenvalue weighted by Crippen LogP contribution is -2.53. The molecule has 0 bridgehead atoms. The lowest BCUT2D eigenvalue weighted by atomic mass is 10.1. The summed E-state index contributed by atoms with van der Waals surface area (Å²) >= 11 is 0. The number of alkyl halides is 3. The Kier molecular flexibility index (Phi) is 4.08. The second-order valence-electron chi connectivity index (χ2n) is 4.75. The van der Waals surface area contributed by atoms with E-state index in [1.165, 1.54) is 13.0 Å². The maximum absolute atomic E-state index is 13.8. The maximum atomic E-state index is 13.8. The molecule has 1 aliphatic rings. The number of anilines is 1. The van der Waals surface area contributed by atoms with Crippen molar-refractivity contribution in [2.45, 2.75) is 19.1 Å². The zero-order valence-electron chi connectivity index (χ0n) is 11.1. The number of hydrogen-bond donors (Lipinski definition) is 1. The number of carboxylic acid groups (broad SMARTS) is 1. The van der Waals surface area contributed by atoms with Crippen molar-refractivity contribution in [2.24, 2.45) is 0 Å². The largest absolute Gasteiger partial charge is 0.478 e. The van der Waals surface area contributed by atoms with E-state index in [0.29, 0.717) is 0 Å². The van der Waals surface area contributed by atoms with Crippen molar-refractivity contribution in [3.63, 3.8) is 0 Å². The number of nitrogens with zero attached hydrogens (tertiary/aromatic N) is 1. The van der Waals surface area contributed by atoms with Gasteiger partial charge in [0, 0.05) is 12.2 Å². The van der Waals surface area contributed by atoms with E-state index in [2.05, 4.69) is 0 Å². The highest BCUT2D eigenvalue weighted by molar-refractivity contribution is 5.90. The van der Waals surface area contributed by atoms with Gasteiger partial charge in [0.15, 0.2) is 0 Å². The van der Waals surface area contributed by atoms with E-state index in [4.69, 9.17) is 9.84 Å². The zero-order valence-corrected chi connectivity index (χ0v) is 11.1. The van der Waals surface area contributed by atoms with Crippen molar-refractivity contribution < 1.29 is 32.2 Å². The molecule has 2 rings (SSSR count). The third-order valence-electron chi connectivity index (χ3n) is 3.32. The summed E-state index contributed by atoms with van der Waals surface area (Å²) in [4.78, 5) is 11.9. The van der Waals surface area contributed by atoms with Crippen LogP contribution in [0.15, 0.2) is 12.1 Å². The molecule has 8 heteroatoms. The van der Waals surface area contributed by atoms with Crippen LogP contribution < -0.4 is 4.90 Å². The van der Waals surface area contributed by atoms with Crippen molar-refractivity contribution in [2.75, 3.05) is 24.7 Å². The number of carbonyl (C=O) groups is 1. The Bertz CT molecular complexity index is 536. The molecule has 1 aliphatic heterocycles. The number of carboxylic acids is 1. The monoisotopic (exact) mass is 307 g/mol. The molecule has 0 amide bonds. The zero-order chi connectivity index (χ0) is 15.8. The summed E-state index contributed by atoms with van der Waals surface area (Å²) in [7, 11) is 0. The number of halogens is 4. The Morgan fingerprint density at radius 3 is 2.62 bits per heavy atom. The molecule has 1 atom stereocenters. The van der Waals surface area contributed by atoms with Gasteiger partial charge in [-0.3, -0.25) is 0 Å². The summed E-state index contributed by atoms with van der Waals surface area (Å²) in [5, 5.41) is 8.88. The van der Waals surface area contributed by atoms with E-state index in [1.807, 2.05) is 0 Å². The smallest absolute Gasteiger partial charge is 0.411 e. The first-order valence-corrected chi connectivity index (χ1v) is 6.16. The lowest BCUT2D eigenvalue weighted by Gasteiger charge is -2.38. The van der Waals surface area contributed by atoms with E-state index in [1.54, 1.807) is 0 Å². The number of benzene rings is 1. The molecule has 4 nitrogen and oxygen atoms in total. The van der Waals surface area contributed by atoms with Crippen LogP contribution >= 0.6 is 0 Å². The lowest BCUT2D eigenvalue weighted by molar-refractivity contribution is -0.167. The predicted molar refractivity (Wildman–Crippen MR) is 66.1 cm³/mol. The summed E-state index contributed by atoms with van der Waals surface area (Å²) < 4.78 is 57.6. The first-order valence-electron chi connectivity index (χ1n) is 6.16. The fraction of sp³-hybridized carbons (Fsp3) is 0.462. The summed E-state index contributed by atoms with van der Waals surface area (Å²) in [5.41, 5.74) is -0.457. The molecule has 1 saturated heterocycles. The normalized spacial score (nSPS) is 19.7. The molecule has 0 unspecified atom stereocenters. The quantitative estimate of drug-likeness (QED) is 0.853. The standard InChI is InChI=1S/C13H13F4NO3/c1-7-4-8(5-9(14)11(7)12(19)20)18-2-3-21-6-10(18)13(15,16)17/h4-5,10H,2-3,6H2,1H3,(H,19,20)/t10-/m1/s1. The Morgan fingerprint density at radius 1 is 1.43 bits per heavy atom. The molecule has 1 aromatic rings. The first kappa shape index (κ1) is 15.6. The molecule has 1 aromatic carbocycles. The number of morpholine rings is 1. The van der Waals surface area contributed by atoms with E-state index in [9.17, 15) is 22.4 Å². The van der Waals surface area contributed by atoms with Crippen LogP contribution in [0.3, 0.4) is 0 Å². The van der Waals surface area contributed by atoms with Crippen LogP contribution in [0.5, 0.6) is 0 Å². The summed E-state index contributed by atoms with van der Waals surface area (Å²) in [6.07, 6.45) is -4.52. The molecule has 21 heavy (non-hydrogen) atoms. The van der Waals surface area contributed by atoms with Gasteiger partial charge in [-0.05, 0) is 24.6 Å². The molecule has 1 N–H and O–H groups in total. The number of rotatable bonds is 2. The SMILES string of the molecule is Cc1cc(N2CCOC[C@@H]2C(F)(F)F)cc(F)c1C(=O)O. The van der Waals surface area contributed by atoms with Gasteiger partial charge in [-0.15, -0.1) is 0 Å². The van der Waals surface area contributed by atoms with Crippen LogP contribution in [0, 0.1) is 12.7 Å². The molecular formula is C13H13F4NO3. The summed E-state index contributed by atoms with van der Waals surface area (Å²) in [5.74, 6) is -2.50. The van der Waals surface area contributed by atoms with Gasteiger partial charge in [-0.1, -0.05) is 0 Å². The molecule has 0 aliphatic carbocycles. The van der Waals surface area contributed by atoms with Gasteiger partial charge in [-0.25, -0.2) is 9.18 Å². The van der Waals surface area contributed by atoms with Gasteiger partial charge < -0.3 is 14.7 Å². The first-order chi connectivity index (χ1) is 9.71. The van der Waals surface area contributed by atoms with Crippen molar-refractivity contribution in [3.05, 3.63) is 29.1 Å². The Balaban J connectivity index is 2.43. The van der Waals surface area contributed by atoms with E-state index in [-0.39, 0.29) is 24.4 Å². The molecule has 1 heterocycles. The van der Waals surface area contributed by atoms with Gasteiger partial charge in [0.1, 0.15) is 11.9 Å². The topological polar surface area (TPSA) is 49.8 Å². The van der Waals surface area contributed by atoms with Gasteiger partial charge in [0.2, 0.25) is 0 Å². The van der Waals surface area contributed by atoms with Crippen LogP contribution in [0.25, 0.3) is 0 Å². The van der Waals surface area contributed by atoms with E-state index < -0.39 is 36.2 Å². The number of hydrogen-bond acceptors (Lipinski definition) is 3. The van der Waals surface area contributed by atoms with E-state index >= 15 is 0 Å². The Labute approximate surface area is 117 Å². The fourth-order valence-corrected chi connectivity index (χ4v) is 2.35. The van der Waals surface area contributed by atoms with Gasteiger partial charge in [0.05, 0.1) is 18.8 Å². The minimum Gasteiger partial charge on any atom is -0.478 e. The molecular weight excluding hydrogens is 294 g/mol. The van der Waals surface area contributed by atoms with Crippen molar-refractivity contribution in [3.8, 4) is 0 Å². The maximum Gasteiger partial charge on any atom is 0.411 e. The summed E-state index contributed by atoms with van der Waals surface area (Å²) in [6, 6.07) is 0.192. The third-order valence-corrected chi connectivity index (χ3v) is 3.32. The Morgan fingerprint density at radius 2 is 2.10 bits per heavy atom. The second-order valence-corrected chi connectivity index (χ2v) is 4.75. The molecule has 0 spiro atoms. The van der Waals surface area contributed by atoms with E-state index in [0.717, 1.165) is 11.0 Å². The average molecular weight is 307 g/mol. The Hall–Kier alpha value is -1.83. The number of ether oxygens (including phenoxy) is 1. The second kappa shape index (κ2) is 5.51. The van der Waals surface area contributed by atoms with Gasteiger partial charge in [-0.2, -0.15) is 13.2 Å². The number of aryl methyl sites for hydroxylation is 1. The fourth-order valence-electron chi connectivity index (χ4n) is 2.35. The highest BCUT2D eigenvalue weighted by Crippen LogP contribution is 2.32. The van der Waals surface area contributed by atoms with Gasteiger partial charge in [0.25, 0.3) is 0 Å². The minimum atomic E-state index is -4.52. The average Bonchev–Trinajstić information content (AvgIpc) is 2.36. The number of aromatic carboxylic acids is 1. The molecule has 116 valence electrons. The molecule has 0 saturated carbocycles. The van der Waals surface area contributed by atoms with Crippen LogP contribution in [0.1, 0.15) is 15.9 Å². The molecule has 0 aromatic heterocycles. The van der Waals surface area contributed by atoms with Gasteiger partial charge >= 0.3 is 12.1 Å². The van der Waals surface area contributed by atoms with Crippen LogP contribution in [0.2, 0.25) is 0 Å². The summed E-state index contributed by atoms with van der Waals surface area (Å²) in [6.45, 7) is 0.854. The van der Waals surface area contributed by atoms with Crippen molar-refractivity contribution >= 4 is 11.7 Å².